The minimum Gasteiger partial charge on any atom is -0.361 e. The summed E-state index contributed by atoms with van der Waals surface area (Å²) < 4.78 is 0. The number of para-hydroxylation sites is 1. The van der Waals surface area contributed by atoms with Gasteiger partial charge in [0.25, 0.3) is 0 Å². The number of halogens is 1. The Labute approximate surface area is 175 Å². The van der Waals surface area contributed by atoms with Crippen molar-refractivity contribution < 1.29 is 9.59 Å². The van der Waals surface area contributed by atoms with Crippen LogP contribution in [0.3, 0.4) is 0 Å². The van der Waals surface area contributed by atoms with Crippen molar-refractivity contribution >= 4 is 40.0 Å². The summed E-state index contributed by atoms with van der Waals surface area (Å²) in [4.78, 5) is 30.5. The lowest BCUT2D eigenvalue weighted by Gasteiger charge is -2.32. The molecule has 6 heteroatoms. The van der Waals surface area contributed by atoms with Crippen LogP contribution in [0.4, 0.5) is 5.69 Å². The number of hydrogen-bond donors (Lipinski definition) is 2. The van der Waals surface area contributed by atoms with Gasteiger partial charge in [-0.05, 0) is 55.2 Å². The molecule has 1 unspecified atom stereocenters. The maximum atomic E-state index is 12.8. The monoisotopic (exact) mass is 409 g/mol. The van der Waals surface area contributed by atoms with Crippen molar-refractivity contribution in [3.63, 3.8) is 0 Å². The Kier molecular flexibility index (Phi) is 5.86. The summed E-state index contributed by atoms with van der Waals surface area (Å²) in [6.45, 7) is 1.20. The molecule has 29 heavy (non-hydrogen) atoms. The fourth-order valence-corrected chi connectivity index (χ4v) is 4.06. The summed E-state index contributed by atoms with van der Waals surface area (Å²) in [6.07, 6.45) is 4.77. The molecule has 1 fully saturated rings. The summed E-state index contributed by atoms with van der Waals surface area (Å²) in [5, 5.41) is 4.73. The van der Waals surface area contributed by atoms with Crippen molar-refractivity contribution in [2.24, 2.45) is 5.92 Å². The van der Waals surface area contributed by atoms with Gasteiger partial charge in [0.1, 0.15) is 0 Å². The number of amides is 2. The van der Waals surface area contributed by atoms with Crippen LogP contribution in [0.25, 0.3) is 10.9 Å². The number of rotatable bonds is 5. The van der Waals surface area contributed by atoms with Gasteiger partial charge < -0.3 is 15.2 Å². The molecule has 0 saturated carbocycles. The van der Waals surface area contributed by atoms with Crippen molar-refractivity contribution in [1.82, 2.24) is 9.88 Å². The first-order valence-corrected chi connectivity index (χ1v) is 10.4. The summed E-state index contributed by atoms with van der Waals surface area (Å²) in [6, 6.07) is 15.2. The number of aromatic amines is 1. The molecule has 1 aromatic heterocycles. The first kappa shape index (κ1) is 19.5. The lowest BCUT2D eigenvalue weighted by Crippen LogP contribution is -2.43. The summed E-state index contributed by atoms with van der Waals surface area (Å²) in [7, 11) is 0. The minimum atomic E-state index is -0.184. The second-order valence-electron chi connectivity index (χ2n) is 7.53. The third kappa shape index (κ3) is 4.62. The zero-order chi connectivity index (χ0) is 20.2. The smallest absolute Gasteiger partial charge is 0.229 e. The van der Waals surface area contributed by atoms with Crippen molar-refractivity contribution in [3.05, 3.63) is 65.3 Å². The molecular weight excluding hydrogens is 386 g/mol. The van der Waals surface area contributed by atoms with Crippen molar-refractivity contribution in [2.45, 2.75) is 25.7 Å². The lowest BCUT2D eigenvalue weighted by molar-refractivity contribution is -0.134. The number of piperidine rings is 1. The summed E-state index contributed by atoms with van der Waals surface area (Å²) in [5.41, 5.74) is 2.97. The minimum absolute atomic E-state index is 0.0403. The third-order valence-electron chi connectivity index (χ3n) is 5.54. The molecule has 2 amide bonds. The maximum absolute atomic E-state index is 12.8. The molecule has 0 bridgehead atoms. The van der Waals surface area contributed by atoms with Gasteiger partial charge in [0.2, 0.25) is 11.8 Å². The van der Waals surface area contributed by atoms with E-state index in [1.807, 2.05) is 29.3 Å². The SMILES string of the molecule is O=C(Nc1ccc(Cl)cc1)C1CCCN(C(=O)CCc2c[nH]c3ccccc23)C1. The maximum Gasteiger partial charge on any atom is 0.229 e. The van der Waals surface area contributed by atoms with E-state index in [4.69, 9.17) is 11.6 Å². The fourth-order valence-electron chi connectivity index (χ4n) is 3.93. The Balaban J connectivity index is 1.33. The highest BCUT2D eigenvalue weighted by molar-refractivity contribution is 6.30. The van der Waals surface area contributed by atoms with E-state index >= 15 is 0 Å². The fraction of sp³-hybridized carbons (Fsp3) is 0.304. The van der Waals surface area contributed by atoms with Crippen LogP contribution in [-0.4, -0.2) is 34.8 Å². The van der Waals surface area contributed by atoms with Crippen molar-refractivity contribution in [3.8, 4) is 0 Å². The number of aryl methyl sites for hydroxylation is 1. The van der Waals surface area contributed by atoms with Gasteiger partial charge in [-0.1, -0.05) is 29.8 Å². The van der Waals surface area contributed by atoms with Crippen LogP contribution in [0.15, 0.2) is 54.7 Å². The molecule has 0 aliphatic carbocycles. The van der Waals surface area contributed by atoms with Crippen LogP contribution in [0.1, 0.15) is 24.8 Å². The van der Waals surface area contributed by atoms with Gasteiger partial charge in [-0.2, -0.15) is 0 Å². The van der Waals surface area contributed by atoms with E-state index in [0.717, 1.165) is 36.2 Å². The van der Waals surface area contributed by atoms with E-state index in [1.165, 1.54) is 5.39 Å². The number of aromatic nitrogens is 1. The van der Waals surface area contributed by atoms with E-state index in [2.05, 4.69) is 16.4 Å². The summed E-state index contributed by atoms with van der Waals surface area (Å²) in [5.74, 6) is -0.114. The molecule has 0 radical (unpaired) electrons. The molecule has 1 aliphatic heterocycles. The largest absolute Gasteiger partial charge is 0.361 e. The van der Waals surface area contributed by atoms with Crippen LogP contribution >= 0.6 is 11.6 Å². The average Bonchev–Trinajstić information content (AvgIpc) is 3.17. The lowest BCUT2D eigenvalue weighted by atomic mass is 9.96. The quantitative estimate of drug-likeness (QED) is 0.645. The van der Waals surface area contributed by atoms with E-state index in [-0.39, 0.29) is 17.7 Å². The molecule has 5 nitrogen and oxygen atoms in total. The predicted octanol–water partition coefficient (Wildman–Crippen LogP) is 4.63. The number of fused-ring (bicyclic) bond motifs is 1. The van der Waals surface area contributed by atoms with Gasteiger partial charge >= 0.3 is 0 Å². The van der Waals surface area contributed by atoms with Gasteiger partial charge in [0, 0.05) is 47.3 Å². The molecule has 1 atom stereocenters. The second-order valence-corrected chi connectivity index (χ2v) is 7.97. The third-order valence-corrected chi connectivity index (χ3v) is 5.79. The van der Waals surface area contributed by atoms with Gasteiger partial charge in [0.15, 0.2) is 0 Å². The Morgan fingerprint density at radius 2 is 1.93 bits per heavy atom. The van der Waals surface area contributed by atoms with E-state index in [0.29, 0.717) is 24.4 Å². The zero-order valence-corrected chi connectivity index (χ0v) is 16.9. The molecule has 1 aliphatic rings. The van der Waals surface area contributed by atoms with Gasteiger partial charge in [-0.25, -0.2) is 0 Å². The van der Waals surface area contributed by atoms with Gasteiger partial charge in [-0.3, -0.25) is 9.59 Å². The molecule has 1 saturated heterocycles. The Morgan fingerprint density at radius 1 is 1.14 bits per heavy atom. The predicted molar refractivity (Wildman–Crippen MR) is 116 cm³/mol. The van der Waals surface area contributed by atoms with E-state index in [1.54, 1.807) is 24.3 Å². The zero-order valence-electron chi connectivity index (χ0n) is 16.2. The molecule has 4 rings (SSSR count). The van der Waals surface area contributed by atoms with Gasteiger partial charge in [-0.15, -0.1) is 0 Å². The average molecular weight is 410 g/mol. The highest BCUT2D eigenvalue weighted by Gasteiger charge is 2.28. The second kappa shape index (κ2) is 8.70. The van der Waals surface area contributed by atoms with Crippen LogP contribution in [0.2, 0.25) is 5.02 Å². The number of benzene rings is 2. The number of likely N-dealkylation sites (tertiary alicyclic amines) is 1. The highest BCUT2D eigenvalue weighted by Crippen LogP contribution is 2.22. The number of carbonyl (C=O) groups is 2. The molecule has 3 aromatic rings. The first-order valence-electron chi connectivity index (χ1n) is 9.99. The molecule has 0 spiro atoms. The number of nitrogens with one attached hydrogen (secondary N) is 2. The van der Waals surface area contributed by atoms with Crippen LogP contribution in [-0.2, 0) is 16.0 Å². The number of hydrogen-bond acceptors (Lipinski definition) is 2. The van der Waals surface area contributed by atoms with Gasteiger partial charge in [0.05, 0.1) is 5.92 Å². The Bertz CT molecular complexity index is 1010. The summed E-state index contributed by atoms with van der Waals surface area (Å²) >= 11 is 5.89. The topological polar surface area (TPSA) is 65.2 Å². The molecular formula is C23H24ClN3O2. The number of H-pyrrole nitrogens is 1. The molecule has 2 aromatic carbocycles. The van der Waals surface area contributed by atoms with Crippen LogP contribution in [0.5, 0.6) is 0 Å². The molecule has 2 heterocycles. The Morgan fingerprint density at radius 3 is 2.76 bits per heavy atom. The highest BCUT2D eigenvalue weighted by atomic mass is 35.5. The first-order chi connectivity index (χ1) is 14.1. The van der Waals surface area contributed by atoms with E-state index in [9.17, 15) is 9.59 Å². The molecule has 2 N–H and O–H groups in total. The van der Waals surface area contributed by atoms with E-state index < -0.39 is 0 Å². The Hall–Kier alpha value is -2.79. The van der Waals surface area contributed by atoms with Crippen molar-refractivity contribution in [1.29, 1.82) is 0 Å². The number of anilines is 1. The number of carbonyl (C=O) groups excluding carboxylic acids is 2. The normalized spacial score (nSPS) is 16.7. The van der Waals surface area contributed by atoms with Crippen molar-refractivity contribution in [2.75, 3.05) is 18.4 Å². The standard InChI is InChI=1S/C23H24ClN3O2/c24-18-8-10-19(11-9-18)26-23(29)17-4-3-13-27(15-17)22(28)12-7-16-14-25-21-6-2-1-5-20(16)21/h1-2,5-6,8-11,14,17,25H,3-4,7,12-13,15H2,(H,26,29). The number of nitrogens with zero attached hydrogens (tertiary/aromatic N) is 1. The van der Waals surface area contributed by atoms with Crippen LogP contribution in [0, 0.1) is 5.92 Å². The van der Waals surface area contributed by atoms with Crippen LogP contribution < -0.4 is 5.32 Å². The molecule has 150 valence electrons.